The lowest BCUT2D eigenvalue weighted by atomic mass is 10.0. The van der Waals surface area contributed by atoms with E-state index in [4.69, 9.17) is 0 Å². The SMILES string of the molecule is O[C@H](CCCN(Cc1ccccc1)C[C@@H](O)c1ccccc1)c1ccccc1. The molecule has 0 aliphatic rings. The van der Waals surface area contributed by atoms with Gasteiger partial charge in [0, 0.05) is 13.1 Å². The van der Waals surface area contributed by atoms with Gasteiger partial charge in [0.15, 0.2) is 0 Å². The van der Waals surface area contributed by atoms with Crippen LogP contribution in [0.1, 0.15) is 41.7 Å². The third kappa shape index (κ3) is 6.31. The van der Waals surface area contributed by atoms with Crippen LogP contribution in [0.5, 0.6) is 0 Å². The van der Waals surface area contributed by atoms with E-state index in [1.165, 1.54) is 5.56 Å². The van der Waals surface area contributed by atoms with Gasteiger partial charge in [-0.25, -0.2) is 0 Å². The van der Waals surface area contributed by atoms with Gasteiger partial charge in [-0.15, -0.1) is 0 Å². The van der Waals surface area contributed by atoms with Crippen LogP contribution in [0.15, 0.2) is 91.0 Å². The van der Waals surface area contributed by atoms with E-state index in [1.54, 1.807) is 0 Å². The Bertz CT molecular complexity index is 793. The number of rotatable bonds is 10. The molecular weight excluding hydrogens is 346 g/mol. The van der Waals surface area contributed by atoms with Crippen molar-refractivity contribution in [2.24, 2.45) is 0 Å². The van der Waals surface area contributed by atoms with Crippen molar-refractivity contribution in [2.75, 3.05) is 13.1 Å². The van der Waals surface area contributed by atoms with Crippen LogP contribution in [0.2, 0.25) is 0 Å². The van der Waals surface area contributed by atoms with E-state index in [-0.39, 0.29) is 0 Å². The van der Waals surface area contributed by atoms with E-state index >= 15 is 0 Å². The van der Waals surface area contributed by atoms with Gasteiger partial charge in [0.25, 0.3) is 0 Å². The molecule has 0 aliphatic carbocycles. The third-order valence-corrected chi connectivity index (χ3v) is 5.00. The van der Waals surface area contributed by atoms with E-state index in [0.29, 0.717) is 13.0 Å². The largest absolute Gasteiger partial charge is 0.388 e. The van der Waals surface area contributed by atoms with Crippen LogP contribution >= 0.6 is 0 Å². The number of nitrogens with zero attached hydrogens (tertiary/aromatic N) is 1. The van der Waals surface area contributed by atoms with Crippen LogP contribution in [-0.2, 0) is 6.54 Å². The van der Waals surface area contributed by atoms with Crippen LogP contribution in [0.25, 0.3) is 0 Å². The molecule has 0 aromatic heterocycles. The molecular formula is C25H29NO2. The van der Waals surface area contributed by atoms with E-state index in [9.17, 15) is 10.2 Å². The second-order valence-electron chi connectivity index (χ2n) is 7.22. The smallest absolute Gasteiger partial charge is 0.0917 e. The number of hydrogen-bond donors (Lipinski definition) is 2. The number of aliphatic hydroxyl groups excluding tert-OH is 2. The molecule has 2 atom stereocenters. The van der Waals surface area contributed by atoms with Crippen molar-refractivity contribution in [1.82, 2.24) is 4.90 Å². The van der Waals surface area contributed by atoms with Gasteiger partial charge in [-0.2, -0.15) is 0 Å². The first-order chi connectivity index (χ1) is 13.7. The van der Waals surface area contributed by atoms with Crippen molar-refractivity contribution in [3.63, 3.8) is 0 Å². The molecule has 2 N–H and O–H groups in total. The van der Waals surface area contributed by atoms with Gasteiger partial charge >= 0.3 is 0 Å². The molecule has 0 radical (unpaired) electrons. The predicted molar refractivity (Wildman–Crippen MR) is 114 cm³/mol. The minimum atomic E-state index is -0.524. The summed E-state index contributed by atoms with van der Waals surface area (Å²) < 4.78 is 0. The van der Waals surface area contributed by atoms with Crippen molar-refractivity contribution in [3.05, 3.63) is 108 Å². The molecule has 0 saturated carbocycles. The molecule has 3 aromatic rings. The van der Waals surface area contributed by atoms with Crippen LogP contribution < -0.4 is 0 Å². The molecule has 0 unspecified atom stereocenters. The Morgan fingerprint density at radius 3 is 1.71 bits per heavy atom. The van der Waals surface area contributed by atoms with Crippen LogP contribution in [0, 0.1) is 0 Å². The summed E-state index contributed by atoms with van der Waals surface area (Å²) in [5.41, 5.74) is 3.12. The van der Waals surface area contributed by atoms with Crippen molar-refractivity contribution < 1.29 is 10.2 Å². The Labute approximate surface area is 167 Å². The van der Waals surface area contributed by atoms with Crippen molar-refractivity contribution in [1.29, 1.82) is 0 Å². The number of hydrogen-bond acceptors (Lipinski definition) is 3. The van der Waals surface area contributed by atoms with Gasteiger partial charge in [0.05, 0.1) is 12.2 Å². The molecule has 0 heterocycles. The highest BCUT2D eigenvalue weighted by molar-refractivity contribution is 5.19. The fourth-order valence-electron chi connectivity index (χ4n) is 3.45. The van der Waals surface area contributed by atoms with Gasteiger partial charge in [-0.05, 0) is 36.1 Å². The summed E-state index contributed by atoms with van der Waals surface area (Å²) in [7, 11) is 0. The molecule has 3 aromatic carbocycles. The average molecular weight is 376 g/mol. The van der Waals surface area contributed by atoms with Crippen molar-refractivity contribution in [2.45, 2.75) is 31.6 Å². The van der Waals surface area contributed by atoms with Gasteiger partial charge in [-0.1, -0.05) is 91.0 Å². The standard InChI is InChI=1S/C25H29NO2/c27-24(22-13-6-2-7-14-22)17-10-18-26(19-21-11-4-1-5-12-21)20-25(28)23-15-8-3-9-16-23/h1-9,11-16,24-25,27-28H,10,17-20H2/t24-,25-/m1/s1. The first kappa shape index (κ1) is 20.3. The molecule has 3 nitrogen and oxygen atoms in total. The van der Waals surface area contributed by atoms with Crippen molar-refractivity contribution >= 4 is 0 Å². The van der Waals surface area contributed by atoms with E-state index in [1.807, 2.05) is 78.9 Å². The molecule has 0 aliphatic heterocycles. The molecule has 0 bridgehead atoms. The summed E-state index contributed by atoms with van der Waals surface area (Å²) in [6.07, 6.45) is 0.601. The Balaban J connectivity index is 1.59. The Hall–Kier alpha value is -2.46. The second-order valence-corrected chi connectivity index (χ2v) is 7.22. The van der Waals surface area contributed by atoms with Gasteiger partial charge in [0.1, 0.15) is 0 Å². The highest BCUT2D eigenvalue weighted by Gasteiger charge is 2.15. The lowest BCUT2D eigenvalue weighted by Gasteiger charge is -2.26. The summed E-state index contributed by atoms with van der Waals surface area (Å²) >= 11 is 0. The van der Waals surface area contributed by atoms with Gasteiger partial charge < -0.3 is 10.2 Å². The number of aliphatic hydroxyl groups is 2. The quantitative estimate of drug-likeness (QED) is 0.538. The molecule has 28 heavy (non-hydrogen) atoms. The van der Waals surface area contributed by atoms with E-state index in [0.717, 1.165) is 30.6 Å². The summed E-state index contributed by atoms with van der Waals surface area (Å²) in [6, 6.07) is 29.9. The second kappa shape index (κ2) is 10.8. The van der Waals surface area contributed by atoms with E-state index in [2.05, 4.69) is 17.0 Å². The lowest BCUT2D eigenvalue weighted by molar-refractivity contribution is 0.101. The zero-order valence-corrected chi connectivity index (χ0v) is 16.2. The van der Waals surface area contributed by atoms with Gasteiger partial charge in [-0.3, -0.25) is 4.90 Å². The zero-order valence-electron chi connectivity index (χ0n) is 16.2. The Morgan fingerprint density at radius 1 is 0.643 bits per heavy atom. The molecule has 0 spiro atoms. The summed E-state index contributed by atoms with van der Waals surface area (Å²) in [6.45, 7) is 2.18. The fourth-order valence-corrected chi connectivity index (χ4v) is 3.45. The van der Waals surface area contributed by atoms with Crippen LogP contribution in [0.4, 0.5) is 0 Å². The highest BCUT2D eigenvalue weighted by Crippen LogP contribution is 2.20. The summed E-state index contributed by atoms with van der Waals surface area (Å²) in [5.74, 6) is 0. The van der Waals surface area contributed by atoms with Crippen molar-refractivity contribution in [3.8, 4) is 0 Å². The average Bonchev–Trinajstić information content (AvgIpc) is 2.75. The molecule has 146 valence electrons. The molecule has 3 heteroatoms. The zero-order chi connectivity index (χ0) is 19.6. The van der Waals surface area contributed by atoms with Gasteiger partial charge in [0.2, 0.25) is 0 Å². The highest BCUT2D eigenvalue weighted by atomic mass is 16.3. The Morgan fingerprint density at radius 2 is 1.14 bits per heavy atom. The monoisotopic (exact) mass is 375 g/mol. The maximum atomic E-state index is 10.7. The number of benzene rings is 3. The predicted octanol–water partition coefficient (Wildman–Crippen LogP) is 4.74. The lowest BCUT2D eigenvalue weighted by Crippen LogP contribution is -2.29. The molecule has 0 saturated heterocycles. The first-order valence-electron chi connectivity index (χ1n) is 9.94. The molecule has 0 amide bonds. The minimum Gasteiger partial charge on any atom is -0.388 e. The maximum absolute atomic E-state index is 10.7. The van der Waals surface area contributed by atoms with E-state index < -0.39 is 12.2 Å². The Kier molecular flexibility index (Phi) is 7.80. The fraction of sp³-hybridized carbons (Fsp3) is 0.280. The minimum absolute atomic E-state index is 0.446. The molecule has 3 rings (SSSR count). The summed E-state index contributed by atoms with van der Waals surface area (Å²) in [5, 5.41) is 21.1. The third-order valence-electron chi connectivity index (χ3n) is 5.00. The first-order valence-corrected chi connectivity index (χ1v) is 9.94. The normalized spacial score (nSPS) is 13.4. The van der Waals surface area contributed by atoms with Crippen LogP contribution in [-0.4, -0.2) is 28.2 Å². The topological polar surface area (TPSA) is 43.7 Å². The maximum Gasteiger partial charge on any atom is 0.0917 e. The molecule has 0 fully saturated rings. The van der Waals surface area contributed by atoms with Crippen LogP contribution in [0.3, 0.4) is 0 Å². The summed E-state index contributed by atoms with van der Waals surface area (Å²) in [4.78, 5) is 2.27.